The summed E-state index contributed by atoms with van der Waals surface area (Å²) in [5, 5.41) is 14.5. The lowest BCUT2D eigenvalue weighted by Gasteiger charge is -2.35. The number of hydrogen-bond donors (Lipinski definition) is 1. The van der Waals surface area contributed by atoms with E-state index in [0.717, 1.165) is 5.56 Å². The first kappa shape index (κ1) is 21.2. The van der Waals surface area contributed by atoms with Crippen molar-refractivity contribution in [3.05, 3.63) is 98.8 Å². The second kappa shape index (κ2) is 7.75. The Bertz CT molecular complexity index is 1280. The molecule has 166 valence electrons. The van der Waals surface area contributed by atoms with Crippen molar-refractivity contribution in [2.75, 3.05) is 18.9 Å². The van der Waals surface area contributed by atoms with E-state index in [1.165, 1.54) is 12.1 Å². The predicted octanol–water partition coefficient (Wildman–Crippen LogP) is 4.02. The lowest BCUT2D eigenvalue weighted by Crippen LogP contribution is -2.51. The van der Waals surface area contributed by atoms with Crippen LogP contribution in [0.3, 0.4) is 0 Å². The summed E-state index contributed by atoms with van der Waals surface area (Å²) < 4.78 is 0. The summed E-state index contributed by atoms with van der Waals surface area (Å²) in [6, 6.07) is 16.4. The first-order valence-corrected chi connectivity index (χ1v) is 10.7. The highest BCUT2D eigenvalue weighted by atomic mass is 35.5. The molecule has 3 unspecified atom stereocenters. The first-order chi connectivity index (χ1) is 15.8. The molecule has 1 N–H and O–H groups in total. The quantitative estimate of drug-likeness (QED) is 0.356. The Morgan fingerprint density at radius 3 is 2.64 bits per heavy atom. The van der Waals surface area contributed by atoms with Gasteiger partial charge in [-0.15, -0.1) is 0 Å². The Morgan fingerprint density at radius 2 is 1.97 bits per heavy atom. The standard InChI is InChI=1S/C24H19ClN4O4/c1-28-13-17(14-5-8-16(9-6-14)29(32)33)21(22(30)20-4-2-3-11-26-20)24(28)18-12-15(25)7-10-19(18)27-23(24)31/h2-12,17,21H,13H2,1H3,(H,27,31). The average Bonchev–Trinajstić information content (AvgIpc) is 3.29. The van der Waals surface area contributed by atoms with E-state index in [1.807, 2.05) is 4.90 Å². The third-order valence-electron chi connectivity index (χ3n) is 6.64. The zero-order chi connectivity index (χ0) is 23.3. The number of nitrogens with zero attached hydrogens (tertiary/aromatic N) is 3. The second-order valence-electron chi connectivity index (χ2n) is 8.30. The molecule has 2 aromatic carbocycles. The van der Waals surface area contributed by atoms with Crippen LogP contribution in [0.4, 0.5) is 11.4 Å². The summed E-state index contributed by atoms with van der Waals surface area (Å²) in [6.07, 6.45) is 1.54. The molecule has 3 atom stereocenters. The number of carbonyl (C=O) groups excluding carboxylic acids is 2. The van der Waals surface area contributed by atoms with Crippen LogP contribution in [0.25, 0.3) is 0 Å². The highest BCUT2D eigenvalue weighted by molar-refractivity contribution is 6.31. The predicted molar refractivity (Wildman–Crippen MR) is 122 cm³/mol. The third-order valence-corrected chi connectivity index (χ3v) is 6.88. The van der Waals surface area contributed by atoms with Crippen LogP contribution in [0.15, 0.2) is 66.9 Å². The lowest BCUT2D eigenvalue weighted by atomic mass is 9.71. The number of pyridine rings is 1. The van der Waals surface area contributed by atoms with Gasteiger partial charge < -0.3 is 5.32 Å². The second-order valence-corrected chi connectivity index (χ2v) is 8.74. The normalized spacial score (nSPS) is 24.0. The van der Waals surface area contributed by atoms with E-state index in [-0.39, 0.29) is 23.1 Å². The summed E-state index contributed by atoms with van der Waals surface area (Å²) >= 11 is 6.31. The van der Waals surface area contributed by atoms with Crippen LogP contribution in [0, 0.1) is 16.0 Å². The number of halogens is 1. The SMILES string of the molecule is CN1CC(c2ccc([N+](=O)[O-])cc2)C(C(=O)c2ccccn2)C12C(=O)Nc1ccc(Cl)cc12. The molecule has 9 heteroatoms. The van der Waals surface area contributed by atoms with Gasteiger partial charge in [-0.25, -0.2) is 0 Å². The van der Waals surface area contributed by atoms with Crippen molar-refractivity contribution in [1.82, 2.24) is 9.88 Å². The van der Waals surface area contributed by atoms with Crippen LogP contribution in [0.5, 0.6) is 0 Å². The molecule has 1 spiro atoms. The van der Waals surface area contributed by atoms with Gasteiger partial charge in [0.15, 0.2) is 5.78 Å². The minimum Gasteiger partial charge on any atom is -0.324 e. The number of nitro benzene ring substituents is 1. The summed E-state index contributed by atoms with van der Waals surface area (Å²) in [7, 11) is 1.81. The number of benzene rings is 2. The van der Waals surface area contributed by atoms with Crippen LogP contribution in [-0.4, -0.2) is 40.1 Å². The number of likely N-dealkylation sites (tertiary alicyclic amines) is 1. The Kier molecular flexibility index (Phi) is 4.99. The maximum absolute atomic E-state index is 13.9. The van der Waals surface area contributed by atoms with Crippen LogP contribution in [-0.2, 0) is 10.3 Å². The number of non-ortho nitro benzene ring substituents is 1. The lowest BCUT2D eigenvalue weighted by molar-refractivity contribution is -0.384. The highest BCUT2D eigenvalue weighted by Crippen LogP contribution is 2.55. The van der Waals surface area contributed by atoms with Gasteiger partial charge in [0, 0.05) is 47.1 Å². The van der Waals surface area contributed by atoms with Crippen molar-refractivity contribution in [3.63, 3.8) is 0 Å². The Labute approximate surface area is 194 Å². The van der Waals surface area contributed by atoms with Gasteiger partial charge >= 0.3 is 0 Å². The Morgan fingerprint density at radius 1 is 1.21 bits per heavy atom. The minimum absolute atomic E-state index is 0.0387. The van der Waals surface area contributed by atoms with Crippen LogP contribution < -0.4 is 5.32 Å². The van der Waals surface area contributed by atoms with Gasteiger partial charge in [-0.05, 0) is 42.9 Å². The highest BCUT2D eigenvalue weighted by Gasteiger charge is 2.64. The van der Waals surface area contributed by atoms with Crippen molar-refractivity contribution < 1.29 is 14.5 Å². The van der Waals surface area contributed by atoms with Gasteiger partial charge in [0.2, 0.25) is 5.91 Å². The molecule has 0 aliphatic carbocycles. The summed E-state index contributed by atoms with van der Waals surface area (Å²) in [5.74, 6) is -1.80. The van der Waals surface area contributed by atoms with Gasteiger partial charge in [0.05, 0.1) is 10.8 Å². The maximum Gasteiger partial charge on any atom is 0.269 e. The van der Waals surface area contributed by atoms with Crippen molar-refractivity contribution in [2.45, 2.75) is 11.5 Å². The first-order valence-electron chi connectivity index (χ1n) is 10.4. The molecule has 1 amide bonds. The molecule has 1 fully saturated rings. The molecular formula is C24H19ClN4O4. The molecule has 0 bridgehead atoms. The number of hydrogen-bond acceptors (Lipinski definition) is 6. The number of Topliss-reactive ketones (excluding diaryl/α,β-unsaturated/α-hetero) is 1. The number of amides is 1. The molecule has 3 aromatic rings. The number of nitro groups is 1. The molecule has 0 radical (unpaired) electrons. The topological polar surface area (TPSA) is 105 Å². The fourth-order valence-electron chi connectivity index (χ4n) is 5.22. The van der Waals surface area contributed by atoms with Crippen LogP contribution in [0.1, 0.15) is 27.5 Å². The van der Waals surface area contributed by atoms with Gasteiger partial charge in [-0.3, -0.25) is 29.6 Å². The molecule has 8 nitrogen and oxygen atoms in total. The number of rotatable bonds is 4. The molecule has 2 aliphatic rings. The van der Waals surface area contributed by atoms with E-state index in [1.54, 1.807) is 61.8 Å². The zero-order valence-corrected chi connectivity index (χ0v) is 18.3. The van der Waals surface area contributed by atoms with E-state index in [4.69, 9.17) is 11.6 Å². The van der Waals surface area contributed by atoms with Crippen molar-refractivity contribution in [3.8, 4) is 0 Å². The molecular weight excluding hydrogens is 444 g/mol. The fraction of sp³-hybridized carbons (Fsp3) is 0.208. The number of fused-ring (bicyclic) bond motifs is 2. The molecule has 0 saturated carbocycles. The summed E-state index contributed by atoms with van der Waals surface area (Å²) in [4.78, 5) is 44.3. The number of anilines is 1. The Hall–Kier alpha value is -3.62. The molecule has 2 aliphatic heterocycles. The molecule has 3 heterocycles. The average molecular weight is 463 g/mol. The number of likely N-dealkylation sites (N-methyl/N-ethyl adjacent to an activating group) is 1. The number of aromatic nitrogens is 1. The van der Waals surface area contributed by atoms with E-state index in [9.17, 15) is 19.7 Å². The van der Waals surface area contributed by atoms with Gasteiger partial charge in [0.1, 0.15) is 11.2 Å². The summed E-state index contributed by atoms with van der Waals surface area (Å²) in [6.45, 7) is 0.389. The maximum atomic E-state index is 13.9. The van der Waals surface area contributed by atoms with E-state index >= 15 is 0 Å². The van der Waals surface area contributed by atoms with E-state index in [2.05, 4.69) is 10.3 Å². The Balaban J connectivity index is 1.71. The van der Waals surface area contributed by atoms with Crippen molar-refractivity contribution in [2.24, 2.45) is 5.92 Å². The van der Waals surface area contributed by atoms with Crippen LogP contribution >= 0.6 is 11.6 Å². The monoisotopic (exact) mass is 462 g/mol. The third kappa shape index (κ3) is 3.13. The van der Waals surface area contributed by atoms with Crippen molar-refractivity contribution >= 4 is 34.7 Å². The van der Waals surface area contributed by atoms with Crippen molar-refractivity contribution in [1.29, 1.82) is 0 Å². The number of nitrogens with one attached hydrogen (secondary N) is 1. The van der Waals surface area contributed by atoms with E-state index in [0.29, 0.717) is 22.8 Å². The summed E-state index contributed by atoms with van der Waals surface area (Å²) in [5.41, 5.74) is 0.916. The molecule has 5 rings (SSSR count). The van der Waals surface area contributed by atoms with Crippen LogP contribution in [0.2, 0.25) is 5.02 Å². The number of carbonyl (C=O) groups is 2. The smallest absolute Gasteiger partial charge is 0.269 e. The molecule has 1 saturated heterocycles. The fourth-order valence-corrected chi connectivity index (χ4v) is 5.39. The van der Waals surface area contributed by atoms with E-state index < -0.39 is 22.3 Å². The molecule has 1 aromatic heterocycles. The minimum atomic E-state index is -1.29. The van der Waals surface area contributed by atoms with Gasteiger partial charge in [0.25, 0.3) is 5.69 Å². The number of ketones is 1. The largest absolute Gasteiger partial charge is 0.324 e. The molecule has 33 heavy (non-hydrogen) atoms. The van der Waals surface area contributed by atoms with Gasteiger partial charge in [-0.2, -0.15) is 0 Å². The zero-order valence-electron chi connectivity index (χ0n) is 17.6. The van der Waals surface area contributed by atoms with Gasteiger partial charge in [-0.1, -0.05) is 29.8 Å².